The topological polar surface area (TPSA) is 54.9 Å². The third kappa shape index (κ3) is 2.51. The summed E-state index contributed by atoms with van der Waals surface area (Å²) in [4.78, 5) is 21.0. The molecule has 1 aromatic rings. The van der Waals surface area contributed by atoms with Gasteiger partial charge < -0.3 is 5.32 Å². The molecule has 4 heteroatoms. The molecular weight excluding hydrogens is 334 g/mol. The van der Waals surface area contributed by atoms with Crippen molar-refractivity contribution in [3.8, 4) is 0 Å². The molecule has 2 heterocycles. The van der Waals surface area contributed by atoms with E-state index in [1.807, 2.05) is 12.4 Å². The van der Waals surface area contributed by atoms with Gasteiger partial charge in [0.25, 0.3) is 0 Å². The van der Waals surface area contributed by atoms with Gasteiger partial charge in [0, 0.05) is 25.4 Å². The standard InChI is InChI=1S/C23H31N3O/c1-22-10-8-21(27)26-13-15(22)3-4-16-17-5-6-19(20-14-24-11-12-25-20)23(17,2)9-7-18(16)22/h6,11-12,14-18H,3-5,7-10,13H2,1-2H3,(H,26,27). The fraction of sp³-hybridized carbons (Fsp3) is 0.696. The highest BCUT2D eigenvalue weighted by Crippen LogP contribution is 2.66. The molecule has 1 saturated heterocycles. The minimum absolute atomic E-state index is 0.235. The smallest absolute Gasteiger partial charge is 0.220 e. The van der Waals surface area contributed by atoms with Crippen LogP contribution in [0.5, 0.6) is 0 Å². The molecular formula is C23H31N3O. The van der Waals surface area contributed by atoms with Crippen LogP contribution in [0.25, 0.3) is 5.57 Å². The molecule has 0 aromatic carbocycles. The van der Waals surface area contributed by atoms with Gasteiger partial charge in [-0.05, 0) is 78.6 Å². The molecule has 1 amide bonds. The largest absolute Gasteiger partial charge is 0.356 e. The van der Waals surface area contributed by atoms with E-state index in [2.05, 4.69) is 35.2 Å². The molecule has 1 aromatic heterocycles. The Hall–Kier alpha value is -1.71. The zero-order chi connectivity index (χ0) is 18.6. The lowest BCUT2D eigenvalue weighted by Crippen LogP contribution is -2.52. The summed E-state index contributed by atoms with van der Waals surface area (Å²) >= 11 is 0. The minimum atomic E-state index is 0.235. The lowest BCUT2D eigenvalue weighted by atomic mass is 9.46. The van der Waals surface area contributed by atoms with E-state index in [9.17, 15) is 4.79 Å². The summed E-state index contributed by atoms with van der Waals surface area (Å²) in [5, 5.41) is 3.18. The summed E-state index contributed by atoms with van der Waals surface area (Å²) in [7, 11) is 0. The minimum Gasteiger partial charge on any atom is -0.356 e. The Morgan fingerprint density at radius 2 is 2.00 bits per heavy atom. The number of hydrogen-bond donors (Lipinski definition) is 1. The first-order chi connectivity index (χ1) is 13.0. The molecule has 4 nitrogen and oxygen atoms in total. The van der Waals surface area contributed by atoms with E-state index in [-0.39, 0.29) is 11.3 Å². The Kier molecular flexibility index (Phi) is 3.96. The lowest BCUT2D eigenvalue weighted by molar-refractivity contribution is -0.121. The van der Waals surface area contributed by atoms with Gasteiger partial charge in [-0.3, -0.25) is 14.8 Å². The SMILES string of the molecule is CC12CCC3C(CCC4CNC(=O)CCC43C)C1CC=C2c1cnccn1. The van der Waals surface area contributed by atoms with E-state index in [4.69, 9.17) is 0 Å². The number of fused-ring (bicyclic) bond motifs is 5. The van der Waals surface area contributed by atoms with Gasteiger partial charge in [-0.2, -0.15) is 0 Å². The van der Waals surface area contributed by atoms with Crippen LogP contribution in [-0.2, 0) is 4.79 Å². The van der Waals surface area contributed by atoms with E-state index >= 15 is 0 Å². The van der Waals surface area contributed by atoms with Crippen molar-refractivity contribution >= 4 is 11.5 Å². The first-order valence-corrected chi connectivity index (χ1v) is 10.8. The van der Waals surface area contributed by atoms with Crippen molar-refractivity contribution in [1.82, 2.24) is 15.3 Å². The fourth-order valence-corrected chi connectivity index (χ4v) is 7.37. The molecule has 3 aliphatic carbocycles. The molecule has 1 aliphatic heterocycles. The van der Waals surface area contributed by atoms with Crippen LogP contribution >= 0.6 is 0 Å². The van der Waals surface area contributed by atoms with Crippen LogP contribution in [0.1, 0.15) is 64.5 Å². The lowest BCUT2D eigenvalue weighted by Gasteiger charge is -2.58. The van der Waals surface area contributed by atoms with Crippen molar-refractivity contribution in [3.63, 3.8) is 0 Å². The van der Waals surface area contributed by atoms with E-state index in [1.165, 1.54) is 37.7 Å². The highest BCUT2D eigenvalue weighted by molar-refractivity contribution is 5.76. The molecule has 2 saturated carbocycles. The summed E-state index contributed by atoms with van der Waals surface area (Å²) in [6.45, 7) is 5.88. The average Bonchev–Trinajstić information content (AvgIpc) is 2.95. The molecule has 5 rings (SSSR count). The Bertz CT molecular complexity index is 775. The van der Waals surface area contributed by atoms with Gasteiger partial charge in [-0.15, -0.1) is 0 Å². The third-order valence-corrected chi connectivity index (χ3v) is 8.92. The maximum Gasteiger partial charge on any atom is 0.220 e. The highest BCUT2D eigenvalue weighted by Gasteiger charge is 2.58. The summed E-state index contributed by atoms with van der Waals surface area (Å²) < 4.78 is 0. The number of carbonyl (C=O) groups excluding carboxylic acids is 1. The Labute approximate surface area is 162 Å². The monoisotopic (exact) mass is 365 g/mol. The normalized spacial score (nSPS) is 43.6. The number of aromatic nitrogens is 2. The zero-order valence-electron chi connectivity index (χ0n) is 16.6. The molecule has 6 unspecified atom stereocenters. The molecule has 4 aliphatic rings. The summed E-state index contributed by atoms with van der Waals surface area (Å²) in [6, 6.07) is 0. The molecule has 0 bridgehead atoms. The summed E-state index contributed by atoms with van der Waals surface area (Å²) in [5.74, 6) is 3.18. The van der Waals surface area contributed by atoms with Gasteiger partial charge in [0.1, 0.15) is 0 Å². The number of rotatable bonds is 1. The second-order valence-corrected chi connectivity index (χ2v) is 9.86. The van der Waals surface area contributed by atoms with E-state index in [1.54, 1.807) is 6.20 Å². The predicted octanol–water partition coefficient (Wildman–Crippen LogP) is 4.24. The van der Waals surface area contributed by atoms with Crippen molar-refractivity contribution in [2.45, 2.75) is 58.8 Å². The van der Waals surface area contributed by atoms with Crippen molar-refractivity contribution in [2.75, 3.05) is 6.54 Å². The third-order valence-electron chi connectivity index (χ3n) is 8.92. The Morgan fingerprint density at radius 3 is 2.81 bits per heavy atom. The Balaban J connectivity index is 1.45. The van der Waals surface area contributed by atoms with Crippen LogP contribution in [0.4, 0.5) is 0 Å². The van der Waals surface area contributed by atoms with Gasteiger partial charge in [-0.25, -0.2) is 0 Å². The molecule has 3 fully saturated rings. The second kappa shape index (κ2) is 6.15. The highest BCUT2D eigenvalue weighted by atomic mass is 16.1. The number of carbonyl (C=O) groups is 1. The van der Waals surface area contributed by atoms with Gasteiger partial charge in [0.2, 0.25) is 5.91 Å². The van der Waals surface area contributed by atoms with Gasteiger partial charge in [0.05, 0.1) is 11.9 Å². The van der Waals surface area contributed by atoms with E-state index in [0.717, 1.165) is 36.4 Å². The number of hydrogen-bond acceptors (Lipinski definition) is 3. The van der Waals surface area contributed by atoms with Crippen LogP contribution in [0.3, 0.4) is 0 Å². The molecule has 6 atom stereocenters. The first kappa shape index (κ1) is 17.4. The van der Waals surface area contributed by atoms with Crippen molar-refractivity contribution < 1.29 is 4.79 Å². The number of allylic oxidation sites excluding steroid dienone is 2. The quantitative estimate of drug-likeness (QED) is 0.810. The first-order valence-electron chi connectivity index (χ1n) is 10.8. The van der Waals surface area contributed by atoms with Crippen molar-refractivity contribution in [2.24, 2.45) is 34.5 Å². The fourth-order valence-electron chi connectivity index (χ4n) is 7.37. The zero-order valence-corrected chi connectivity index (χ0v) is 16.6. The molecule has 1 N–H and O–H groups in total. The van der Waals surface area contributed by atoms with Crippen LogP contribution < -0.4 is 5.32 Å². The Morgan fingerprint density at radius 1 is 1.11 bits per heavy atom. The van der Waals surface area contributed by atoms with Gasteiger partial charge in [0.15, 0.2) is 0 Å². The summed E-state index contributed by atoms with van der Waals surface area (Å²) in [6.07, 6.45) is 16.1. The second-order valence-electron chi connectivity index (χ2n) is 9.86. The maximum absolute atomic E-state index is 12.0. The summed E-state index contributed by atoms with van der Waals surface area (Å²) in [5.41, 5.74) is 3.06. The number of nitrogens with zero attached hydrogens (tertiary/aromatic N) is 2. The van der Waals surface area contributed by atoms with Gasteiger partial charge >= 0.3 is 0 Å². The molecule has 0 radical (unpaired) electrons. The van der Waals surface area contributed by atoms with Gasteiger partial charge in [-0.1, -0.05) is 19.9 Å². The average molecular weight is 366 g/mol. The van der Waals surface area contributed by atoms with E-state index < -0.39 is 0 Å². The van der Waals surface area contributed by atoms with Crippen molar-refractivity contribution in [3.05, 3.63) is 30.4 Å². The number of amides is 1. The van der Waals surface area contributed by atoms with Crippen LogP contribution in [0, 0.1) is 34.5 Å². The van der Waals surface area contributed by atoms with E-state index in [0.29, 0.717) is 17.8 Å². The van der Waals surface area contributed by atoms with Crippen molar-refractivity contribution in [1.29, 1.82) is 0 Å². The predicted molar refractivity (Wildman–Crippen MR) is 106 cm³/mol. The molecule has 144 valence electrons. The van der Waals surface area contributed by atoms with Crippen LogP contribution in [0.15, 0.2) is 24.7 Å². The maximum atomic E-state index is 12.0. The molecule has 0 spiro atoms. The number of nitrogens with one attached hydrogen (secondary N) is 1. The van der Waals surface area contributed by atoms with Crippen LogP contribution in [-0.4, -0.2) is 22.4 Å². The molecule has 27 heavy (non-hydrogen) atoms. The van der Waals surface area contributed by atoms with Crippen LogP contribution in [0.2, 0.25) is 0 Å².